The number of nitrogens with one attached hydrogen (secondary N) is 1. The van der Waals surface area contributed by atoms with E-state index in [1.54, 1.807) is 12.1 Å². The predicted octanol–water partition coefficient (Wildman–Crippen LogP) is 2.43. The van der Waals surface area contributed by atoms with Gasteiger partial charge in [0.2, 0.25) is 10.0 Å². The Morgan fingerprint density at radius 1 is 1.42 bits per heavy atom. The molecule has 7 nitrogen and oxygen atoms in total. The number of anilines is 1. The molecule has 1 unspecified atom stereocenters. The highest BCUT2D eigenvalue weighted by atomic mass is 32.2. The Hall–Kier alpha value is -1.96. The molecule has 0 aromatic heterocycles. The van der Waals surface area contributed by atoms with Crippen LogP contribution in [0.4, 0.5) is 10.5 Å². The summed E-state index contributed by atoms with van der Waals surface area (Å²) in [4.78, 5) is 12.8. The molecule has 3 N–H and O–H groups in total. The third-order valence-electron chi connectivity index (χ3n) is 4.11. The van der Waals surface area contributed by atoms with Gasteiger partial charge in [-0.2, -0.15) is 0 Å². The summed E-state index contributed by atoms with van der Waals surface area (Å²) in [5, 5.41) is 19.4. The van der Waals surface area contributed by atoms with Crippen LogP contribution < -0.4 is 4.72 Å². The normalized spacial score (nSPS) is 18.2. The molecule has 2 rings (SSSR count). The number of phenolic OH excluding ortho intramolecular Hbond substituents is 1. The van der Waals surface area contributed by atoms with Crippen molar-refractivity contribution in [2.75, 3.05) is 24.1 Å². The zero-order valence-corrected chi connectivity index (χ0v) is 14.9. The Morgan fingerprint density at radius 3 is 2.62 bits per heavy atom. The SMILES string of the molecule is CC(C)CC1CN(C(=O)O)CCc2cc(O)c(NS(C)(=O)=O)cc21. The number of phenols is 1. The van der Waals surface area contributed by atoms with Crippen molar-refractivity contribution >= 4 is 21.8 Å². The molecule has 1 heterocycles. The lowest BCUT2D eigenvalue weighted by Gasteiger charge is -2.24. The summed E-state index contributed by atoms with van der Waals surface area (Å²) in [6.45, 7) is 4.84. The molecule has 8 heteroatoms. The van der Waals surface area contributed by atoms with Crippen LogP contribution in [0, 0.1) is 5.92 Å². The van der Waals surface area contributed by atoms with Gasteiger partial charge in [0.15, 0.2) is 0 Å². The zero-order valence-electron chi connectivity index (χ0n) is 14.1. The molecule has 0 fully saturated rings. The molecular weight excluding hydrogens is 332 g/mol. The highest BCUT2D eigenvalue weighted by Crippen LogP contribution is 2.37. The molecule has 0 radical (unpaired) electrons. The van der Waals surface area contributed by atoms with Gasteiger partial charge in [-0.15, -0.1) is 0 Å². The number of carboxylic acid groups (broad SMARTS) is 1. The Morgan fingerprint density at radius 2 is 2.08 bits per heavy atom. The highest BCUT2D eigenvalue weighted by Gasteiger charge is 2.27. The van der Waals surface area contributed by atoms with Crippen molar-refractivity contribution in [3.63, 3.8) is 0 Å². The standard InChI is InChI=1S/C16H24N2O5S/c1-10(2)6-12-9-18(16(20)21)5-4-11-7-15(19)14(8-13(11)12)17-24(3,22)23/h7-8,10,12,17,19H,4-6,9H2,1-3H3,(H,20,21). The number of hydrogen-bond donors (Lipinski definition) is 3. The molecule has 24 heavy (non-hydrogen) atoms. The van der Waals surface area contributed by atoms with Gasteiger partial charge in [-0.05, 0) is 42.0 Å². The summed E-state index contributed by atoms with van der Waals surface area (Å²) in [6, 6.07) is 3.19. The summed E-state index contributed by atoms with van der Waals surface area (Å²) >= 11 is 0. The van der Waals surface area contributed by atoms with Gasteiger partial charge in [-0.25, -0.2) is 13.2 Å². The maximum absolute atomic E-state index is 11.5. The fraction of sp³-hybridized carbons (Fsp3) is 0.562. The van der Waals surface area contributed by atoms with E-state index in [0.717, 1.165) is 23.8 Å². The number of sulfonamides is 1. The first-order valence-corrected chi connectivity index (χ1v) is 9.77. The van der Waals surface area contributed by atoms with Crippen LogP contribution >= 0.6 is 0 Å². The number of nitrogens with zero attached hydrogens (tertiary/aromatic N) is 1. The maximum atomic E-state index is 11.5. The maximum Gasteiger partial charge on any atom is 0.407 e. The molecule has 1 amide bonds. The van der Waals surface area contributed by atoms with E-state index in [-0.39, 0.29) is 17.4 Å². The fourth-order valence-corrected chi connectivity index (χ4v) is 3.74. The number of hydrogen-bond acceptors (Lipinski definition) is 4. The van der Waals surface area contributed by atoms with Gasteiger partial charge in [0.1, 0.15) is 5.75 Å². The zero-order chi connectivity index (χ0) is 18.1. The second-order valence-electron chi connectivity index (χ2n) is 6.75. The fourth-order valence-electron chi connectivity index (χ4n) is 3.18. The average Bonchev–Trinajstić information content (AvgIpc) is 2.58. The van der Waals surface area contributed by atoms with Crippen molar-refractivity contribution in [1.82, 2.24) is 4.90 Å². The van der Waals surface area contributed by atoms with E-state index < -0.39 is 16.1 Å². The highest BCUT2D eigenvalue weighted by molar-refractivity contribution is 7.92. The quantitative estimate of drug-likeness (QED) is 0.718. The second kappa shape index (κ2) is 6.88. The minimum absolute atomic E-state index is 0.0423. The minimum atomic E-state index is -3.51. The van der Waals surface area contributed by atoms with Crippen LogP contribution in [0.2, 0.25) is 0 Å². The Bertz CT molecular complexity index is 730. The first-order valence-electron chi connectivity index (χ1n) is 7.88. The van der Waals surface area contributed by atoms with Gasteiger partial charge < -0.3 is 15.1 Å². The lowest BCUT2D eigenvalue weighted by molar-refractivity contribution is 0.142. The number of rotatable bonds is 4. The predicted molar refractivity (Wildman–Crippen MR) is 92.1 cm³/mol. The third kappa shape index (κ3) is 4.53. The minimum Gasteiger partial charge on any atom is -0.506 e. The van der Waals surface area contributed by atoms with Crippen LogP contribution in [-0.4, -0.2) is 49.0 Å². The van der Waals surface area contributed by atoms with E-state index in [1.165, 1.54) is 4.90 Å². The molecule has 1 aromatic carbocycles. The van der Waals surface area contributed by atoms with E-state index in [0.29, 0.717) is 25.4 Å². The smallest absolute Gasteiger partial charge is 0.407 e. The van der Waals surface area contributed by atoms with E-state index in [2.05, 4.69) is 18.6 Å². The van der Waals surface area contributed by atoms with Crippen LogP contribution in [0.25, 0.3) is 0 Å². The summed E-state index contributed by atoms with van der Waals surface area (Å²) in [5.41, 5.74) is 1.89. The lowest BCUT2D eigenvalue weighted by Crippen LogP contribution is -2.33. The Kier molecular flexibility index (Phi) is 5.27. The first-order chi connectivity index (χ1) is 11.1. The number of carbonyl (C=O) groups is 1. The monoisotopic (exact) mass is 356 g/mol. The van der Waals surface area contributed by atoms with Crippen molar-refractivity contribution in [3.05, 3.63) is 23.3 Å². The molecule has 1 aliphatic rings. The number of benzene rings is 1. The molecule has 1 atom stereocenters. The van der Waals surface area contributed by atoms with Gasteiger partial charge in [0.25, 0.3) is 0 Å². The summed E-state index contributed by atoms with van der Waals surface area (Å²) < 4.78 is 25.3. The largest absolute Gasteiger partial charge is 0.506 e. The molecule has 0 bridgehead atoms. The van der Waals surface area contributed by atoms with Gasteiger partial charge in [0.05, 0.1) is 11.9 Å². The van der Waals surface area contributed by atoms with Crippen LogP contribution in [0.5, 0.6) is 5.75 Å². The number of amides is 1. The van der Waals surface area contributed by atoms with E-state index in [9.17, 15) is 23.4 Å². The van der Waals surface area contributed by atoms with Crippen molar-refractivity contribution in [3.8, 4) is 5.75 Å². The van der Waals surface area contributed by atoms with Crippen LogP contribution in [0.1, 0.15) is 37.3 Å². The molecule has 0 spiro atoms. The van der Waals surface area contributed by atoms with Crippen molar-refractivity contribution in [2.24, 2.45) is 5.92 Å². The first kappa shape index (κ1) is 18.4. The molecule has 0 aliphatic carbocycles. The van der Waals surface area contributed by atoms with Crippen LogP contribution in [0.3, 0.4) is 0 Å². The summed E-state index contributed by atoms with van der Waals surface area (Å²) in [5.74, 6) is 0.169. The summed E-state index contributed by atoms with van der Waals surface area (Å²) in [6.07, 6.45) is 1.33. The van der Waals surface area contributed by atoms with Gasteiger partial charge in [-0.1, -0.05) is 13.8 Å². The van der Waals surface area contributed by atoms with Crippen LogP contribution in [0.15, 0.2) is 12.1 Å². The van der Waals surface area contributed by atoms with Crippen molar-refractivity contribution in [2.45, 2.75) is 32.6 Å². The van der Waals surface area contributed by atoms with E-state index >= 15 is 0 Å². The van der Waals surface area contributed by atoms with Gasteiger partial charge >= 0.3 is 6.09 Å². The number of aromatic hydroxyl groups is 1. The van der Waals surface area contributed by atoms with Crippen molar-refractivity contribution < 1.29 is 23.4 Å². The Labute approximate surface area is 142 Å². The van der Waals surface area contributed by atoms with Crippen LogP contribution in [-0.2, 0) is 16.4 Å². The lowest BCUT2D eigenvalue weighted by atomic mass is 9.87. The van der Waals surface area contributed by atoms with E-state index in [1.807, 2.05) is 0 Å². The van der Waals surface area contributed by atoms with Crippen molar-refractivity contribution in [1.29, 1.82) is 0 Å². The molecule has 0 saturated carbocycles. The third-order valence-corrected chi connectivity index (χ3v) is 4.70. The molecule has 134 valence electrons. The topological polar surface area (TPSA) is 107 Å². The van der Waals surface area contributed by atoms with Gasteiger partial charge in [-0.3, -0.25) is 4.72 Å². The molecule has 1 aliphatic heterocycles. The second-order valence-corrected chi connectivity index (χ2v) is 8.50. The van der Waals surface area contributed by atoms with Gasteiger partial charge in [0, 0.05) is 19.0 Å². The Balaban J connectivity index is 2.47. The molecular formula is C16H24N2O5S. The molecule has 1 aromatic rings. The summed E-state index contributed by atoms with van der Waals surface area (Å²) in [7, 11) is -3.51. The average molecular weight is 356 g/mol. The number of fused-ring (bicyclic) bond motifs is 1. The molecule has 0 saturated heterocycles. The van der Waals surface area contributed by atoms with E-state index in [4.69, 9.17) is 0 Å².